The van der Waals surface area contributed by atoms with Gasteiger partial charge < -0.3 is 15.3 Å². The van der Waals surface area contributed by atoms with Crippen LogP contribution in [0.1, 0.15) is 17.7 Å². The number of pyridine rings is 1. The summed E-state index contributed by atoms with van der Waals surface area (Å²) < 4.78 is 0. The first-order chi connectivity index (χ1) is 10.3. The molecule has 1 atom stereocenters. The predicted molar refractivity (Wildman–Crippen MR) is 78.6 cm³/mol. The van der Waals surface area contributed by atoms with E-state index in [2.05, 4.69) is 20.2 Å². The highest BCUT2D eigenvalue weighted by molar-refractivity contribution is 5.61. The van der Waals surface area contributed by atoms with E-state index in [9.17, 15) is 5.11 Å². The molecule has 1 fully saturated rings. The maximum absolute atomic E-state index is 9.79. The van der Waals surface area contributed by atoms with Crippen molar-refractivity contribution in [1.29, 1.82) is 0 Å². The summed E-state index contributed by atoms with van der Waals surface area (Å²) >= 11 is 0. The summed E-state index contributed by atoms with van der Waals surface area (Å²) in [5.74, 6) is 1.67. The molecule has 4 rings (SSSR count). The number of hydrogen-bond donors (Lipinski definition) is 2. The highest BCUT2D eigenvalue weighted by Gasteiger charge is 2.27. The van der Waals surface area contributed by atoms with E-state index < -0.39 is 0 Å². The van der Waals surface area contributed by atoms with Gasteiger partial charge in [0.25, 0.3) is 0 Å². The lowest BCUT2D eigenvalue weighted by molar-refractivity contribution is 0.198. The van der Waals surface area contributed by atoms with E-state index in [1.165, 1.54) is 0 Å². The summed E-state index contributed by atoms with van der Waals surface area (Å²) in [5, 5.41) is 13.1. The summed E-state index contributed by atoms with van der Waals surface area (Å²) in [4.78, 5) is 15.7. The molecule has 1 saturated heterocycles. The van der Waals surface area contributed by atoms with Crippen LogP contribution in [0.25, 0.3) is 11.4 Å². The monoisotopic (exact) mass is 283 g/mol. The summed E-state index contributed by atoms with van der Waals surface area (Å²) in [6, 6.07) is 3.86. The van der Waals surface area contributed by atoms with Gasteiger partial charge in [-0.05, 0) is 18.6 Å². The average molecular weight is 283 g/mol. The van der Waals surface area contributed by atoms with E-state index in [0.717, 1.165) is 48.7 Å². The molecule has 2 aromatic rings. The van der Waals surface area contributed by atoms with E-state index >= 15 is 0 Å². The van der Waals surface area contributed by atoms with Crippen LogP contribution in [-0.4, -0.2) is 39.3 Å². The fourth-order valence-electron chi connectivity index (χ4n) is 2.97. The van der Waals surface area contributed by atoms with Crippen molar-refractivity contribution in [1.82, 2.24) is 20.3 Å². The lowest BCUT2D eigenvalue weighted by atomic mass is 10.2. The third-order valence-electron chi connectivity index (χ3n) is 4.05. The Bertz CT molecular complexity index is 661. The van der Waals surface area contributed by atoms with Crippen LogP contribution in [0.3, 0.4) is 0 Å². The van der Waals surface area contributed by atoms with Crippen LogP contribution in [0.15, 0.2) is 24.5 Å². The Morgan fingerprint density at radius 3 is 3.00 bits per heavy atom. The third-order valence-corrected chi connectivity index (χ3v) is 4.05. The number of aliphatic hydroxyl groups excluding tert-OH is 1. The number of anilines is 1. The van der Waals surface area contributed by atoms with Crippen molar-refractivity contribution >= 4 is 5.82 Å². The normalized spacial score (nSPS) is 20.8. The first kappa shape index (κ1) is 12.7. The molecule has 4 heterocycles. The van der Waals surface area contributed by atoms with E-state index in [1.54, 1.807) is 12.4 Å². The topological polar surface area (TPSA) is 74.2 Å². The number of β-amino-alcohol motifs (C(OH)–C–C–N with tert-alkyl or cyclic N) is 1. The summed E-state index contributed by atoms with van der Waals surface area (Å²) in [6.07, 6.45) is 4.07. The molecule has 6 nitrogen and oxygen atoms in total. The predicted octanol–water partition coefficient (Wildman–Crippen LogP) is 0.713. The molecule has 0 aliphatic carbocycles. The van der Waals surface area contributed by atoms with Crippen LogP contribution in [0.5, 0.6) is 0 Å². The van der Waals surface area contributed by atoms with Crippen LogP contribution >= 0.6 is 0 Å². The number of rotatable bonds is 2. The van der Waals surface area contributed by atoms with Crippen molar-refractivity contribution in [2.24, 2.45) is 0 Å². The minimum absolute atomic E-state index is 0.258. The zero-order valence-corrected chi connectivity index (χ0v) is 11.7. The van der Waals surface area contributed by atoms with E-state index in [1.807, 2.05) is 12.1 Å². The number of fused-ring (bicyclic) bond motifs is 1. The molecule has 0 amide bonds. The van der Waals surface area contributed by atoms with Gasteiger partial charge >= 0.3 is 0 Å². The third kappa shape index (κ3) is 2.26. The largest absolute Gasteiger partial charge is 0.391 e. The van der Waals surface area contributed by atoms with Gasteiger partial charge in [0, 0.05) is 49.7 Å². The van der Waals surface area contributed by atoms with Crippen molar-refractivity contribution in [3.05, 3.63) is 35.8 Å². The van der Waals surface area contributed by atoms with Gasteiger partial charge in [0.1, 0.15) is 5.82 Å². The molecular formula is C15H17N5O. The van der Waals surface area contributed by atoms with Gasteiger partial charge in [-0.15, -0.1) is 0 Å². The van der Waals surface area contributed by atoms with Crippen molar-refractivity contribution in [2.75, 3.05) is 18.0 Å². The van der Waals surface area contributed by atoms with Crippen LogP contribution in [-0.2, 0) is 13.1 Å². The maximum Gasteiger partial charge on any atom is 0.163 e. The maximum atomic E-state index is 9.79. The smallest absolute Gasteiger partial charge is 0.163 e. The van der Waals surface area contributed by atoms with Gasteiger partial charge in [-0.1, -0.05) is 0 Å². The zero-order chi connectivity index (χ0) is 14.2. The van der Waals surface area contributed by atoms with Crippen molar-refractivity contribution in [3.8, 4) is 11.4 Å². The van der Waals surface area contributed by atoms with E-state index in [4.69, 9.17) is 4.98 Å². The molecular weight excluding hydrogens is 266 g/mol. The first-order valence-corrected chi connectivity index (χ1v) is 7.25. The molecule has 21 heavy (non-hydrogen) atoms. The minimum atomic E-state index is -0.258. The first-order valence-electron chi connectivity index (χ1n) is 7.25. The van der Waals surface area contributed by atoms with Gasteiger partial charge in [-0.25, -0.2) is 9.97 Å². The van der Waals surface area contributed by atoms with Gasteiger partial charge in [-0.3, -0.25) is 4.98 Å². The van der Waals surface area contributed by atoms with E-state index in [0.29, 0.717) is 12.4 Å². The Labute approximate surface area is 122 Å². The molecule has 6 heteroatoms. The zero-order valence-electron chi connectivity index (χ0n) is 11.7. The van der Waals surface area contributed by atoms with Crippen molar-refractivity contribution in [3.63, 3.8) is 0 Å². The lowest BCUT2D eigenvalue weighted by Gasteiger charge is -2.20. The molecule has 2 aromatic heterocycles. The number of aromatic nitrogens is 3. The molecule has 2 aliphatic rings. The van der Waals surface area contributed by atoms with Gasteiger partial charge in [0.05, 0.1) is 11.8 Å². The molecule has 0 spiro atoms. The summed E-state index contributed by atoms with van der Waals surface area (Å²) in [5.41, 5.74) is 3.14. The Kier molecular flexibility index (Phi) is 3.05. The summed E-state index contributed by atoms with van der Waals surface area (Å²) in [6.45, 7) is 3.06. The van der Waals surface area contributed by atoms with Gasteiger partial charge in [-0.2, -0.15) is 0 Å². The minimum Gasteiger partial charge on any atom is -0.391 e. The molecule has 0 radical (unpaired) electrons. The molecule has 2 N–H and O–H groups in total. The Balaban J connectivity index is 1.80. The molecule has 108 valence electrons. The number of hydrogen-bond acceptors (Lipinski definition) is 6. The lowest BCUT2D eigenvalue weighted by Crippen LogP contribution is -2.24. The number of nitrogens with zero attached hydrogens (tertiary/aromatic N) is 4. The van der Waals surface area contributed by atoms with Gasteiger partial charge in [0.15, 0.2) is 5.82 Å². The molecule has 0 saturated carbocycles. The SMILES string of the molecule is O[C@H]1CCN(c2nc(-c3cccnc3)nc3c2CNC3)C1. The standard InChI is InChI=1S/C15H17N5O/c21-11-3-5-20(9-11)15-12-7-17-8-13(12)18-14(19-15)10-2-1-4-16-6-10/h1-2,4,6,11,17,21H,3,5,7-9H2/t11-/m0/s1. The molecule has 0 unspecified atom stereocenters. The highest BCUT2D eigenvalue weighted by atomic mass is 16.3. The van der Waals surface area contributed by atoms with Crippen LogP contribution < -0.4 is 10.2 Å². The Morgan fingerprint density at radius 2 is 2.24 bits per heavy atom. The molecule has 0 bridgehead atoms. The Hall–Kier alpha value is -2.05. The number of nitrogens with one attached hydrogen (secondary N) is 1. The number of aliphatic hydroxyl groups is 1. The molecule has 0 aromatic carbocycles. The fourth-order valence-corrected chi connectivity index (χ4v) is 2.97. The van der Waals surface area contributed by atoms with Gasteiger partial charge in [0.2, 0.25) is 0 Å². The van der Waals surface area contributed by atoms with Crippen LogP contribution in [0, 0.1) is 0 Å². The second kappa shape index (κ2) is 5.05. The summed E-state index contributed by atoms with van der Waals surface area (Å²) in [7, 11) is 0. The fraction of sp³-hybridized carbons (Fsp3) is 0.400. The highest BCUT2D eigenvalue weighted by Crippen LogP contribution is 2.29. The van der Waals surface area contributed by atoms with Crippen LogP contribution in [0.4, 0.5) is 5.82 Å². The molecule has 2 aliphatic heterocycles. The second-order valence-electron chi connectivity index (χ2n) is 5.53. The van der Waals surface area contributed by atoms with Crippen LogP contribution in [0.2, 0.25) is 0 Å². The Morgan fingerprint density at radius 1 is 1.29 bits per heavy atom. The van der Waals surface area contributed by atoms with E-state index in [-0.39, 0.29) is 6.10 Å². The quantitative estimate of drug-likeness (QED) is 0.845. The van der Waals surface area contributed by atoms with Crippen molar-refractivity contribution < 1.29 is 5.11 Å². The second-order valence-corrected chi connectivity index (χ2v) is 5.53. The average Bonchev–Trinajstić information content (AvgIpc) is 3.15. The van der Waals surface area contributed by atoms with Crippen molar-refractivity contribution in [2.45, 2.75) is 25.6 Å².